The van der Waals surface area contributed by atoms with Crippen molar-refractivity contribution < 1.29 is 4.79 Å². The van der Waals surface area contributed by atoms with Gasteiger partial charge in [0.25, 0.3) is 0 Å². The van der Waals surface area contributed by atoms with Crippen molar-refractivity contribution in [2.45, 2.75) is 18.7 Å². The van der Waals surface area contributed by atoms with E-state index in [0.29, 0.717) is 0 Å². The summed E-state index contributed by atoms with van der Waals surface area (Å²) in [7, 11) is 1.56. The highest BCUT2D eigenvalue weighted by molar-refractivity contribution is 6.34. The highest BCUT2D eigenvalue weighted by Gasteiger charge is 2.21. The Hall–Kier alpha value is -0.240. The molecule has 0 rings (SSSR count). The van der Waals surface area contributed by atoms with Crippen molar-refractivity contribution in [1.29, 1.82) is 0 Å². The molecular formula is C5H10ClNO. The van der Waals surface area contributed by atoms with Crippen molar-refractivity contribution in [3.05, 3.63) is 0 Å². The summed E-state index contributed by atoms with van der Waals surface area (Å²) in [5.41, 5.74) is 0. The Morgan fingerprint density at radius 1 is 1.62 bits per heavy atom. The minimum absolute atomic E-state index is 0.154. The SMILES string of the molecule is CNC(=O)C(C)(C)Cl. The predicted molar refractivity (Wildman–Crippen MR) is 34.0 cm³/mol. The third-order valence-corrected chi connectivity index (χ3v) is 0.939. The van der Waals surface area contributed by atoms with E-state index in [4.69, 9.17) is 11.6 Å². The van der Waals surface area contributed by atoms with Gasteiger partial charge in [-0.1, -0.05) is 0 Å². The monoisotopic (exact) mass is 135 g/mol. The van der Waals surface area contributed by atoms with Gasteiger partial charge in [0.05, 0.1) is 0 Å². The molecule has 0 heterocycles. The average Bonchev–Trinajstić information content (AvgIpc) is 1.62. The summed E-state index contributed by atoms with van der Waals surface area (Å²) in [5, 5.41) is 2.43. The minimum atomic E-state index is -0.769. The zero-order valence-corrected chi connectivity index (χ0v) is 6.04. The summed E-state index contributed by atoms with van der Waals surface area (Å²) in [6.07, 6.45) is 0. The fraction of sp³-hybridized carbons (Fsp3) is 0.800. The number of amides is 1. The number of rotatable bonds is 1. The molecule has 0 unspecified atom stereocenters. The van der Waals surface area contributed by atoms with Gasteiger partial charge in [0.2, 0.25) is 5.91 Å². The Kier molecular flexibility index (Phi) is 2.28. The maximum Gasteiger partial charge on any atom is 0.240 e. The van der Waals surface area contributed by atoms with Gasteiger partial charge in [-0.05, 0) is 13.8 Å². The molecule has 0 atom stereocenters. The maximum atomic E-state index is 10.6. The molecule has 0 aliphatic carbocycles. The lowest BCUT2D eigenvalue weighted by Crippen LogP contribution is -2.35. The molecule has 0 aromatic carbocycles. The first-order chi connectivity index (χ1) is 3.48. The van der Waals surface area contributed by atoms with Crippen LogP contribution < -0.4 is 5.32 Å². The largest absolute Gasteiger partial charge is 0.358 e. The van der Waals surface area contributed by atoms with E-state index >= 15 is 0 Å². The van der Waals surface area contributed by atoms with Crippen LogP contribution in [0.25, 0.3) is 0 Å². The van der Waals surface area contributed by atoms with Crippen molar-refractivity contribution in [3.8, 4) is 0 Å². The van der Waals surface area contributed by atoms with Crippen molar-refractivity contribution in [1.82, 2.24) is 5.32 Å². The summed E-state index contributed by atoms with van der Waals surface area (Å²) in [4.78, 5) is 9.82. The van der Waals surface area contributed by atoms with Crippen LogP contribution in [0.4, 0.5) is 0 Å². The lowest BCUT2D eigenvalue weighted by molar-refractivity contribution is -0.122. The number of nitrogens with one attached hydrogen (secondary N) is 1. The highest BCUT2D eigenvalue weighted by Crippen LogP contribution is 2.10. The number of halogens is 1. The molecule has 0 bridgehead atoms. The molecule has 0 aliphatic heterocycles. The normalized spacial score (nSPS) is 11.0. The predicted octanol–water partition coefficient (Wildman–Crippen LogP) is 0.750. The molecule has 0 aliphatic rings. The van der Waals surface area contributed by atoms with Crippen LogP contribution >= 0.6 is 11.6 Å². The molecular weight excluding hydrogens is 126 g/mol. The standard InChI is InChI=1S/C5H10ClNO/c1-5(2,6)4(8)7-3/h1-3H3,(H,7,8). The zero-order valence-electron chi connectivity index (χ0n) is 5.29. The Morgan fingerprint density at radius 2 is 2.00 bits per heavy atom. The molecule has 8 heavy (non-hydrogen) atoms. The lowest BCUT2D eigenvalue weighted by Gasteiger charge is -2.11. The van der Waals surface area contributed by atoms with Crippen molar-refractivity contribution in [2.24, 2.45) is 0 Å². The lowest BCUT2D eigenvalue weighted by atomic mass is 10.2. The number of alkyl halides is 1. The van der Waals surface area contributed by atoms with Crippen LogP contribution in [-0.2, 0) is 4.79 Å². The Morgan fingerprint density at radius 3 is 2.00 bits per heavy atom. The second-order valence-corrected chi connectivity index (χ2v) is 3.00. The zero-order chi connectivity index (χ0) is 6.78. The third kappa shape index (κ3) is 2.17. The van der Waals surface area contributed by atoms with Gasteiger partial charge in [-0.15, -0.1) is 11.6 Å². The fourth-order valence-corrected chi connectivity index (χ4v) is 0.392. The molecule has 2 nitrogen and oxygen atoms in total. The Balaban J connectivity index is 3.82. The first-order valence-electron chi connectivity index (χ1n) is 2.39. The molecule has 0 saturated carbocycles. The van der Waals surface area contributed by atoms with Crippen LogP contribution in [0.15, 0.2) is 0 Å². The van der Waals surface area contributed by atoms with Crippen LogP contribution in [0.1, 0.15) is 13.8 Å². The van der Waals surface area contributed by atoms with E-state index in [1.54, 1.807) is 20.9 Å². The van der Waals surface area contributed by atoms with Crippen LogP contribution in [0.3, 0.4) is 0 Å². The van der Waals surface area contributed by atoms with Crippen LogP contribution in [-0.4, -0.2) is 17.8 Å². The van der Waals surface area contributed by atoms with Crippen molar-refractivity contribution in [2.75, 3.05) is 7.05 Å². The van der Waals surface area contributed by atoms with E-state index < -0.39 is 4.87 Å². The van der Waals surface area contributed by atoms with Gasteiger partial charge in [-0.25, -0.2) is 0 Å². The molecule has 0 saturated heterocycles. The van der Waals surface area contributed by atoms with E-state index in [0.717, 1.165) is 0 Å². The van der Waals surface area contributed by atoms with Crippen LogP contribution in [0.2, 0.25) is 0 Å². The summed E-state index contributed by atoms with van der Waals surface area (Å²) < 4.78 is 0. The van der Waals surface area contributed by atoms with Gasteiger partial charge in [-0.3, -0.25) is 4.79 Å². The molecule has 48 valence electrons. The minimum Gasteiger partial charge on any atom is -0.358 e. The van der Waals surface area contributed by atoms with Crippen LogP contribution in [0.5, 0.6) is 0 Å². The summed E-state index contributed by atoms with van der Waals surface area (Å²) in [6, 6.07) is 0. The number of carbonyl (C=O) groups is 1. The van der Waals surface area contributed by atoms with Gasteiger partial charge in [0.1, 0.15) is 4.87 Å². The number of hydrogen-bond acceptors (Lipinski definition) is 1. The second-order valence-electron chi connectivity index (χ2n) is 2.05. The molecule has 0 aromatic rings. The second kappa shape index (κ2) is 2.35. The van der Waals surface area contributed by atoms with Gasteiger partial charge in [0, 0.05) is 7.05 Å². The smallest absolute Gasteiger partial charge is 0.240 e. The van der Waals surface area contributed by atoms with Crippen molar-refractivity contribution in [3.63, 3.8) is 0 Å². The van der Waals surface area contributed by atoms with Crippen LogP contribution in [0, 0.1) is 0 Å². The molecule has 1 amide bonds. The van der Waals surface area contributed by atoms with E-state index in [9.17, 15) is 4.79 Å². The van der Waals surface area contributed by atoms with E-state index in [-0.39, 0.29) is 5.91 Å². The maximum absolute atomic E-state index is 10.6. The fourth-order valence-electron chi connectivity index (χ4n) is 0.297. The Labute approximate surface area is 54.2 Å². The van der Waals surface area contributed by atoms with Crippen molar-refractivity contribution >= 4 is 17.5 Å². The average molecular weight is 136 g/mol. The quantitative estimate of drug-likeness (QED) is 0.529. The molecule has 3 heteroatoms. The van der Waals surface area contributed by atoms with Gasteiger partial charge < -0.3 is 5.32 Å². The summed E-state index contributed by atoms with van der Waals surface area (Å²) >= 11 is 5.57. The summed E-state index contributed by atoms with van der Waals surface area (Å²) in [6.45, 7) is 3.29. The van der Waals surface area contributed by atoms with Gasteiger partial charge >= 0.3 is 0 Å². The molecule has 0 aromatic heterocycles. The Bertz CT molecular complexity index is 95.1. The van der Waals surface area contributed by atoms with E-state index in [1.807, 2.05) is 0 Å². The first kappa shape index (κ1) is 7.76. The van der Waals surface area contributed by atoms with E-state index in [2.05, 4.69) is 5.32 Å². The number of hydrogen-bond donors (Lipinski definition) is 1. The highest BCUT2D eigenvalue weighted by atomic mass is 35.5. The third-order valence-electron chi connectivity index (χ3n) is 0.767. The molecule has 0 spiro atoms. The number of carbonyl (C=O) groups excluding carboxylic acids is 1. The summed E-state index contributed by atoms with van der Waals surface area (Å²) in [5.74, 6) is -0.154. The first-order valence-corrected chi connectivity index (χ1v) is 2.77. The molecule has 0 fully saturated rings. The van der Waals surface area contributed by atoms with Gasteiger partial charge in [-0.2, -0.15) is 0 Å². The van der Waals surface area contributed by atoms with E-state index in [1.165, 1.54) is 0 Å². The topological polar surface area (TPSA) is 29.1 Å². The van der Waals surface area contributed by atoms with Gasteiger partial charge in [0.15, 0.2) is 0 Å². The molecule has 1 N–H and O–H groups in total. The molecule has 0 radical (unpaired) electrons.